The van der Waals surface area contributed by atoms with Gasteiger partial charge in [0.25, 0.3) is 0 Å². The Balaban J connectivity index is 0.00000324. The van der Waals surface area contributed by atoms with E-state index in [0.29, 0.717) is 12.1 Å². The predicted octanol–water partition coefficient (Wildman–Crippen LogP) is -4.86. The van der Waals surface area contributed by atoms with Crippen LogP contribution in [0.5, 0.6) is 0 Å². The fourth-order valence-electron chi connectivity index (χ4n) is 1.28. The molecule has 0 spiro atoms. The summed E-state index contributed by atoms with van der Waals surface area (Å²) < 4.78 is 0. The summed E-state index contributed by atoms with van der Waals surface area (Å²) in [5.41, 5.74) is -4.11. The van der Waals surface area contributed by atoms with Gasteiger partial charge in [-0.15, -0.1) is 0 Å². The molecule has 1 radical (unpaired) electrons. The zero-order valence-electron chi connectivity index (χ0n) is 8.80. The van der Waals surface area contributed by atoms with E-state index in [1.54, 1.807) is 0 Å². The van der Waals surface area contributed by atoms with Gasteiger partial charge in [0.15, 0.2) is 0 Å². The maximum Gasteiger partial charge on any atom is 4.00 e. The molecule has 0 unspecified atom stereocenters. The van der Waals surface area contributed by atoms with Gasteiger partial charge in [-0.1, -0.05) is 0 Å². The van der Waals surface area contributed by atoms with Crippen molar-refractivity contribution in [2.45, 2.75) is 0 Å². The average Bonchev–Trinajstić information content (AvgIpc) is 2.26. The van der Waals surface area contributed by atoms with Crippen LogP contribution in [0.1, 0.15) is 41.4 Å². The summed E-state index contributed by atoms with van der Waals surface area (Å²) in [7, 11) is 0. The minimum atomic E-state index is -2.00. The molecule has 19 heavy (non-hydrogen) atoms. The fourth-order valence-corrected chi connectivity index (χ4v) is 1.28. The first-order valence-corrected chi connectivity index (χ1v) is 4.29. The van der Waals surface area contributed by atoms with E-state index in [0.717, 1.165) is 0 Å². The number of rotatable bonds is 4. The van der Waals surface area contributed by atoms with Crippen molar-refractivity contribution in [3.8, 4) is 0 Å². The predicted molar refractivity (Wildman–Crippen MR) is 43.8 cm³/mol. The first-order valence-electron chi connectivity index (χ1n) is 4.29. The quantitative estimate of drug-likeness (QED) is 0.500. The Labute approximate surface area is 115 Å². The topological polar surface area (TPSA) is 161 Å². The molecule has 0 fully saturated rings. The molecule has 0 atom stereocenters. The van der Waals surface area contributed by atoms with Gasteiger partial charge in [-0.3, -0.25) is 0 Å². The Morgan fingerprint density at radius 3 is 0.842 bits per heavy atom. The molecule has 0 N–H and O–H groups in total. The Kier molecular flexibility index (Phi) is 5.23. The third-order valence-corrected chi connectivity index (χ3v) is 2.04. The van der Waals surface area contributed by atoms with Crippen LogP contribution in [0.15, 0.2) is 12.1 Å². The molecular weight excluding hydrogens is 303 g/mol. The Bertz CT molecular complexity index is 479. The second kappa shape index (κ2) is 5.98. The van der Waals surface area contributed by atoms with Gasteiger partial charge in [0.2, 0.25) is 0 Å². The smallest absolute Gasteiger partial charge is 0.545 e. The molecule has 0 aromatic heterocycles. The SMILES string of the molecule is O=C([O-])c1cc(C(=O)[O-])c(C(=O)[O-])cc1C(=O)[O-].[Mn+4]. The minimum absolute atomic E-state index is 0. The van der Waals surface area contributed by atoms with Crippen molar-refractivity contribution in [3.05, 3.63) is 34.4 Å². The number of hydrogen-bond acceptors (Lipinski definition) is 8. The van der Waals surface area contributed by atoms with E-state index < -0.39 is 46.1 Å². The van der Waals surface area contributed by atoms with Gasteiger partial charge in [0.1, 0.15) is 0 Å². The summed E-state index contributed by atoms with van der Waals surface area (Å²) in [4.78, 5) is 42.4. The summed E-state index contributed by atoms with van der Waals surface area (Å²) >= 11 is 0. The average molecular weight is 305 g/mol. The summed E-state index contributed by atoms with van der Waals surface area (Å²) in [5, 5.41) is 42.4. The molecule has 0 amide bonds. The number of carbonyl (C=O) groups is 4. The van der Waals surface area contributed by atoms with Gasteiger partial charge in [-0.2, -0.15) is 0 Å². The van der Waals surface area contributed by atoms with Gasteiger partial charge in [-0.05, 0) is 12.1 Å². The zero-order valence-corrected chi connectivity index (χ0v) is 9.98. The largest absolute Gasteiger partial charge is 4.00 e. The van der Waals surface area contributed by atoms with E-state index in [2.05, 4.69) is 0 Å². The Morgan fingerprint density at radius 2 is 0.737 bits per heavy atom. The molecule has 0 aliphatic rings. The van der Waals surface area contributed by atoms with E-state index in [9.17, 15) is 39.6 Å². The second-order valence-electron chi connectivity index (χ2n) is 3.09. The van der Waals surface area contributed by atoms with E-state index in [4.69, 9.17) is 0 Å². The molecule has 1 rings (SSSR count). The van der Waals surface area contributed by atoms with Crippen molar-refractivity contribution in [2.75, 3.05) is 0 Å². The van der Waals surface area contributed by atoms with Gasteiger partial charge in [-0.25, -0.2) is 0 Å². The summed E-state index contributed by atoms with van der Waals surface area (Å²) in [6.07, 6.45) is 0. The summed E-state index contributed by atoms with van der Waals surface area (Å²) in [5.74, 6) is -7.99. The van der Waals surface area contributed by atoms with Crippen LogP contribution in [-0.2, 0) is 17.1 Å². The molecule has 9 heteroatoms. The van der Waals surface area contributed by atoms with Crippen molar-refractivity contribution < 1.29 is 56.7 Å². The van der Waals surface area contributed by atoms with Gasteiger partial charge in [0.05, 0.1) is 23.9 Å². The fraction of sp³-hybridized carbons (Fsp3) is 0. The van der Waals surface area contributed by atoms with Crippen molar-refractivity contribution in [1.29, 1.82) is 0 Å². The zero-order chi connectivity index (χ0) is 14.0. The number of carbonyl (C=O) groups excluding carboxylic acids is 4. The third kappa shape index (κ3) is 3.30. The molecule has 0 heterocycles. The third-order valence-electron chi connectivity index (χ3n) is 2.04. The maximum atomic E-state index is 10.6. The molecular formula is C10H2MnO8. The van der Waals surface area contributed by atoms with Crippen LogP contribution in [0.3, 0.4) is 0 Å². The van der Waals surface area contributed by atoms with E-state index in [-0.39, 0.29) is 17.1 Å². The normalized spacial score (nSPS) is 9.26. The minimum Gasteiger partial charge on any atom is -0.545 e. The van der Waals surface area contributed by atoms with Crippen LogP contribution in [-0.4, -0.2) is 23.9 Å². The monoisotopic (exact) mass is 305 g/mol. The standard InChI is InChI=1S/C10H6O8.Mn/c11-7(12)3-1-4(8(13)14)6(10(17)18)2-5(3)9(15)16;/h1-2H,(H,11,12)(H,13,14)(H,15,16)(H,17,18);/q;+4/p-4. The van der Waals surface area contributed by atoms with E-state index >= 15 is 0 Å². The molecule has 8 nitrogen and oxygen atoms in total. The first kappa shape index (κ1) is 16.6. The number of hydrogen-bond donors (Lipinski definition) is 0. The number of carboxylic acids is 4. The van der Waals surface area contributed by atoms with Crippen LogP contribution in [0.4, 0.5) is 0 Å². The molecule has 1 aromatic rings. The molecule has 0 bridgehead atoms. The number of carboxylic acid groups (broad SMARTS) is 4. The molecule has 0 saturated carbocycles. The molecule has 97 valence electrons. The van der Waals surface area contributed by atoms with Gasteiger partial charge in [0, 0.05) is 22.3 Å². The summed E-state index contributed by atoms with van der Waals surface area (Å²) in [6, 6.07) is 0.613. The molecule has 0 aliphatic carbocycles. The maximum absolute atomic E-state index is 10.6. The van der Waals surface area contributed by atoms with Crippen molar-refractivity contribution in [2.24, 2.45) is 0 Å². The number of benzene rings is 1. The van der Waals surface area contributed by atoms with Crippen LogP contribution in [0.2, 0.25) is 0 Å². The van der Waals surface area contributed by atoms with Crippen molar-refractivity contribution in [1.82, 2.24) is 0 Å². The van der Waals surface area contributed by atoms with E-state index in [1.807, 2.05) is 0 Å². The first-order chi connectivity index (χ1) is 8.25. The molecule has 0 aliphatic heterocycles. The van der Waals surface area contributed by atoms with Crippen molar-refractivity contribution in [3.63, 3.8) is 0 Å². The van der Waals surface area contributed by atoms with Crippen LogP contribution < -0.4 is 20.4 Å². The molecule has 0 saturated heterocycles. The van der Waals surface area contributed by atoms with Crippen LogP contribution in [0.25, 0.3) is 0 Å². The van der Waals surface area contributed by atoms with Gasteiger partial charge >= 0.3 is 17.1 Å². The second-order valence-corrected chi connectivity index (χ2v) is 3.09. The van der Waals surface area contributed by atoms with Crippen molar-refractivity contribution >= 4 is 23.9 Å². The molecule has 1 aromatic carbocycles. The Morgan fingerprint density at radius 1 is 0.579 bits per heavy atom. The van der Waals surface area contributed by atoms with E-state index in [1.165, 1.54) is 0 Å². The number of aromatic carboxylic acids is 4. The van der Waals surface area contributed by atoms with Crippen LogP contribution >= 0.6 is 0 Å². The van der Waals surface area contributed by atoms with Crippen LogP contribution in [0, 0.1) is 0 Å². The Hall–Kier alpha value is -2.38. The van der Waals surface area contributed by atoms with Gasteiger partial charge < -0.3 is 39.6 Å². The summed E-state index contributed by atoms with van der Waals surface area (Å²) in [6.45, 7) is 0.